The minimum atomic E-state index is -4.35. The number of rotatable bonds is 4. The van der Waals surface area contributed by atoms with Gasteiger partial charge in [-0.25, -0.2) is 4.98 Å². The van der Waals surface area contributed by atoms with Crippen LogP contribution in [-0.4, -0.2) is 10.8 Å². The van der Waals surface area contributed by atoms with Crippen LogP contribution in [0.5, 0.6) is 0 Å². The number of halogens is 3. The molecule has 6 heteroatoms. The number of hydrogen-bond acceptors (Lipinski definition) is 3. The van der Waals surface area contributed by atoms with E-state index in [0.29, 0.717) is 27.6 Å². The molecule has 0 atom stereocenters. The van der Waals surface area contributed by atoms with E-state index in [-0.39, 0.29) is 12.2 Å². The van der Waals surface area contributed by atoms with Crippen LogP contribution in [-0.2, 0) is 17.4 Å². The quantitative estimate of drug-likeness (QED) is 0.648. The van der Waals surface area contributed by atoms with Gasteiger partial charge in [0.25, 0.3) is 0 Å². The lowest BCUT2D eigenvalue weighted by atomic mass is 9.51. The molecular formula is C21H22F3NOS. The van der Waals surface area contributed by atoms with Crippen LogP contribution in [0.3, 0.4) is 0 Å². The highest BCUT2D eigenvalue weighted by atomic mass is 32.1. The Labute approximate surface area is 160 Å². The van der Waals surface area contributed by atoms with Crippen molar-refractivity contribution in [1.82, 2.24) is 4.98 Å². The van der Waals surface area contributed by atoms with Crippen molar-refractivity contribution in [3.05, 3.63) is 28.8 Å². The molecule has 6 rings (SSSR count). The number of Topliss-reactive ketones (excluding diaryl/α,β-unsaturated/α-hetero) is 1. The summed E-state index contributed by atoms with van der Waals surface area (Å²) in [5.74, 6) is 3.95. The van der Waals surface area contributed by atoms with E-state index in [4.69, 9.17) is 0 Å². The maximum Gasteiger partial charge on any atom is 0.416 e. The molecule has 1 aromatic carbocycles. The molecule has 27 heavy (non-hydrogen) atoms. The first-order chi connectivity index (χ1) is 12.8. The second-order valence-corrected chi connectivity index (χ2v) is 9.92. The van der Waals surface area contributed by atoms with Gasteiger partial charge in [0.2, 0.25) is 0 Å². The molecule has 0 aliphatic heterocycles. The molecule has 4 fully saturated rings. The van der Waals surface area contributed by atoms with Gasteiger partial charge in [-0.1, -0.05) is 0 Å². The minimum Gasteiger partial charge on any atom is -0.299 e. The monoisotopic (exact) mass is 393 g/mol. The minimum absolute atomic E-state index is 0.197. The molecule has 1 aromatic heterocycles. The summed E-state index contributed by atoms with van der Waals surface area (Å²) in [7, 11) is 0. The molecule has 2 aromatic rings. The number of alkyl halides is 3. The zero-order chi connectivity index (χ0) is 18.8. The molecule has 0 radical (unpaired) electrons. The van der Waals surface area contributed by atoms with E-state index in [1.807, 2.05) is 0 Å². The molecule has 0 unspecified atom stereocenters. The zero-order valence-electron chi connectivity index (χ0n) is 15.0. The summed E-state index contributed by atoms with van der Waals surface area (Å²) in [6.07, 6.45) is 3.12. The maximum atomic E-state index is 12.9. The van der Waals surface area contributed by atoms with Gasteiger partial charge in [0.15, 0.2) is 0 Å². The Morgan fingerprint density at radius 1 is 1.07 bits per heavy atom. The average Bonchev–Trinajstić information content (AvgIpc) is 2.98. The fourth-order valence-electron chi connectivity index (χ4n) is 6.10. The lowest BCUT2D eigenvalue weighted by molar-refractivity contribution is -0.137. The first kappa shape index (κ1) is 17.7. The molecule has 2 nitrogen and oxygen atoms in total. The van der Waals surface area contributed by atoms with Gasteiger partial charge in [-0.15, -0.1) is 11.3 Å². The first-order valence-electron chi connectivity index (χ1n) is 9.83. The smallest absolute Gasteiger partial charge is 0.299 e. The normalized spacial score (nSPS) is 32.3. The third-order valence-electron chi connectivity index (χ3n) is 6.99. The van der Waals surface area contributed by atoms with Crippen LogP contribution >= 0.6 is 11.3 Å². The molecule has 0 spiro atoms. The van der Waals surface area contributed by atoms with Crippen LogP contribution in [0, 0.1) is 29.6 Å². The lowest BCUT2D eigenvalue weighted by Gasteiger charge is -2.54. The van der Waals surface area contributed by atoms with Crippen LogP contribution in [0.2, 0.25) is 0 Å². The van der Waals surface area contributed by atoms with Crippen LogP contribution in [0.25, 0.3) is 10.2 Å². The van der Waals surface area contributed by atoms with Crippen LogP contribution < -0.4 is 0 Å². The second-order valence-electron chi connectivity index (χ2n) is 8.80. The van der Waals surface area contributed by atoms with E-state index in [2.05, 4.69) is 4.98 Å². The van der Waals surface area contributed by atoms with Crippen molar-refractivity contribution in [2.24, 2.45) is 29.6 Å². The van der Waals surface area contributed by atoms with E-state index in [9.17, 15) is 18.0 Å². The Balaban J connectivity index is 1.28. The van der Waals surface area contributed by atoms with Crippen molar-refractivity contribution in [2.45, 2.75) is 51.1 Å². The Morgan fingerprint density at radius 2 is 1.74 bits per heavy atom. The topological polar surface area (TPSA) is 30.0 Å². The number of carbonyl (C=O) groups is 1. The standard InChI is InChI=1S/C21H22F3NOS/c22-21(23,24)15-1-2-18-19(8-15)27-20(25-18)10-16(26)9-17-13-4-11-3-12(6-13)7-14(17)5-11/h1-2,8,11-14,17H,3-7,9-10H2. The van der Waals surface area contributed by atoms with Crippen LogP contribution in [0.15, 0.2) is 18.2 Å². The van der Waals surface area contributed by atoms with E-state index >= 15 is 0 Å². The molecular weight excluding hydrogens is 371 g/mol. The van der Waals surface area contributed by atoms with Crippen molar-refractivity contribution in [3.8, 4) is 0 Å². The summed E-state index contributed by atoms with van der Waals surface area (Å²) in [6.45, 7) is 0. The van der Waals surface area contributed by atoms with Crippen molar-refractivity contribution < 1.29 is 18.0 Å². The summed E-state index contributed by atoms with van der Waals surface area (Å²) in [5.41, 5.74) is -0.115. The predicted octanol–water partition coefficient (Wildman–Crippen LogP) is 5.89. The van der Waals surface area contributed by atoms with Crippen molar-refractivity contribution in [3.63, 3.8) is 0 Å². The van der Waals surface area contributed by atoms with Crippen molar-refractivity contribution in [2.75, 3.05) is 0 Å². The first-order valence-corrected chi connectivity index (χ1v) is 10.6. The molecule has 0 saturated heterocycles. The molecule has 1 heterocycles. The number of aromatic nitrogens is 1. The Morgan fingerprint density at radius 3 is 2.37 bits per heavy atom. The van der Waals surface area contributed by atoms with Crippen LogP contribution in [0.4, 0.5) is 13.2 Å². The molecule has 4 aliphatic carbocycles. The summed E-state index contributed by atoms with van der Waals surface area (Å²) >= 11 is 1.21. The molecule has 0 N–H and O–H groups in total. The third kappa shape index (κ3) is 3.30. The van der Waals surface area contributed by atoms with Gasteiger partial charge < -0.3 is 0 Å². The van der Waals surface area contributed by atoms with E-state index < -0.39 is 11.7 Å². The SMILES string of the molecule is O=C(Cc1nc2ccc(C(F)(F)F)cc2s1)CC1C2CC3CC(C2)CC1C3. The molecule has 4 aliphatic rings. The summed E-state index contributed by atoms with van der Waals surface area (Å²) < 4.78 is 39.1. The fourth-order valence-corrected chi connectivity index (χ4v) is 7.13. The summed E-state index contributed by atoms with van der Waals surface area (Å²) in [5, 5.41) is 0.637. The number of nitrogens with zero attached hydrogens (tertiary/aromatic N) is 1. The number of benzene rings is 1. The van der Waals surface area contributed by atoms with Crippen molar-refractivity contribution in [1.29, 1.82) is 0 Å². The largest absolute Gasteiger partial charge is 0.416 e. The Hall–Kier alpha value is -1.43. The van der Waals surface area contributed by atoms with Gasteiger partial charge >= 0.3 is 6.18 Å². The predicted molar refractivity (Wildman–Crippen MR) is 98.5 cm³/mol. The third-order valence-corrected chi connectivity index (χ3v) is 8.01. The Bertz CT molecular complexity index is 859. The fraction of sp³-hybridized carbons (Fsp3) is 0.619. The number of thiazole rings is 1. The van der Waals surface area contributed by atoms with E-state index in [1.165, 1.54) is 49.5 Å². The number of hydrogen-bond donors (Lipinski definition) is 0. The number of carbonyl (C=O) groups excluding carboxylic acids is 1. The van der Waals surface area contributed by atoms with Gasteiger partial charge in [0, 0.05) is 6.42 Å². The van der Waals surface area contributed by atoms with E-state index in [1.54, 1.807) is 0 Å². The lowest BCUT2D eigenvalue weighted by Crippen LogP contribution is -2.45. The second kappa shape index (κ2) is 6.29. The zero-order valence-corrected chi connectivity index (χ0v) is 15.8. The van der Waals surface area contributed by atoms with Gasteiger partial charge in [-0.2, -0.15) is 13.2 Å². The van der Waals surface area contributed by atoms with Crippen molar-refractivity contribution >= 4 is 27.3 Å². The summed E-state index contributed by atoms with van der Waals surface area (Å²) in [4.78, 5) is 17.1. The average molecular weight is 393 g/mol. The highest BCUT2D eigenvalue weighted by Gasteiger charge is 2.48. The maximum absolute atomic E-state index is 12.9. The number of ketones is 1. The van der Waals surface area contributed by atoms with Gasteiger partial charge in [-0.05, 0) is 79.9 Å². The highest BCUT2D eigenvalue weighted by molar-refractivity contribution is 7.18. The molecule has 144 valence electrons. The molecule has 4 saturated carbocycles. The van der Waals surface area contributed by atoms with E-state index in [0.717, 1.165) is 35.8 Å². The van der Waals surface area contributed by atoms with Crippen LogP contribution in [0.1, 0.15) is 49.1 Å². The Kier molecular flexibility index (Phi) is 4.12. The summed E-state index contributed by atoms with van der Waals surface area (Å²) in [6, 6.07) is 3.60. The van der Waals surface area contributed by atoms with Gasteiger partial charge in [-0.3, -0.25) is 4.79 Å². The van der Waals surface area contributed by atoms with Gasteiger partial charge in [0.05, 0.1) is 22.2 Å². The molecule has 4 bridgehead atoms. The number of fused-ring (bicyclic) bond motifs is 1. The van der Waals surface area contributed by atoms with Gasteiger partial charge in [0.1, 0.15) is 10.8 Å². The highest BCUT2D eigenvalue weighted by Crippen LogP contribution is 2.57. The molecule has 0 amide bonds.